The molecule has 0 amide bonds. The first-order valence-corrected chi connectivity index (χ1v) is 3.25. The Morgan fingerprint density at radius 2 is 1.89 bits per heavy atom. The van der Waals surface area contributed by atoms with Crippen LogP contribution in [0.4, 0.5) is 0 Å². The zero-order valence-corrected chi connectivity index (χ0v) is 5.47. The third-order valence-corrected chi connectivity index (χ3v) is 1.44. The first-order chi connectivity index (χ1) is 4.43. The maximum Gasteiger partial charge on any atom is 0.0570 e. The molecule has 0 fully saturated rings. The molecule has 2 nitrogen and oxygen atoms in total. The summed E-state index contributed by atoms with van der Waals surface area (Å²) in [6.07, 6.45) is 0. The standard InChI is InChI=1S/C6H5NOS/c8-7-9-6-4-2-1-3-5-6/h1-5H. The van der Waals surface area contributed by atoms with Crippen LogP contribution in [0.15, 0.2) is 39.8 Å². The van der Waals surface area contributed by atoms with Gasteiger partial charge < -0.3 is 0 Å². The molecule has 0 atom stereocenters. The molecule has 46 valence electrons. The second-order valence-electron chi connectivity index (χ2n) is 1.48. The molecule has 0 aliphatic carbocycles. The number of nitroso groups, excluding NO2 is 1. The van der Waals surface area contributed by atoms with E-state index in [1.165, 1.54) is 0 Å². The Labute approximate surface area is 57.4 Å². The van der Waals surface area contributed by atoms with Gasteiger partial charge in [-0.3, -0.25) is 0 Å². The Morgan fingerprint density at radius 3 is 2.44 bits per heavy atom. The van der Waals surface area contributed by atoms with Gasteiger partial charge >= 0.3 is 0 Å². The molecule has 0 heterocycles. The maximum absolute atomic E-state index is 9.69. The molecule has 1 aromatic rings. The van der Waals surface area contributed by atoms with E-state index in [0.717, 1.165) is 16.8 Å². The van der Waals surface area contributed by atoms with Crippen molar-refractivity contribution in [3.05, 3.63) is 35.2 Å². The van der Waals surface area contributed by atoms with Crippen LogP contribution in [0.3, 0.4) is 0 Å². The molecule has 0 spiro atoms. The van der Waals surface area contributed by atoms with Gasteiger partial charge in [-0.15, -0.1) is 4.91 Å². The average Bonchev–Trinajstić information content (AvgIpc) is 1.91. The molecular formula is C6H5NOS. The van der Waals surface area contributed by atoms with Crippen molar-refractivity contribution < 1.29 is 0 Å². The van der Waals surface area contributed by atoms with Gasteiger partial charge in [0.1, 0.15) is 0 Å². The topological polar surface area (TPSA) is 29.4 Å². The molecule has 0 bridgehead atoms. The van der Waals surface area contributed by atoms with Crippen molar-refractivity contribution in [1.29, 1.82) is 0 Å². The van der Waals surface area contributed by atoms with E-state index in [-0.39, 0.29) is 0 Å². The minimum Gasteiger partial charge on any atom is -0.137 e. The fraction of sp³-hybridized carbons (Fsp3) is 0. The summed E-state index contributed by atoms with van der Waals surface area (Å²) in [6.45, 7) is 0. The lowest BCUT2D eigenvalue weighted by atomic mass is 10.4. The number of hydrogen-bond donors (Lipinski definition) is 0. The van der Waals surface area contributed by atoms with Gasteiger partial charge in [0.25, 0.3) is 0 Å². The highest BCUT2D eigenvalue weighted by Crippen LogP contribution is 2.16. The summed E-state index contributed by atoms with van der Waals surface area (Å²) in [5.41, 5.74) is 0. The zero-order chi connectivity index (χ0) is 6.53. The molecule has 0 aromatic heterocycles. The normalized spacial score (nSPS) is 8.89. The van der Waals surface area contributed by atoms with Crippen LogP contribution in [0.1, 0.15) is 0 Å². The second-order valence-corrected chi connectivity index (χ2v) is 2.28. The van der Waals surface area contributed by atoms with E-state index in [4.69, 9.17) is 0 Å². The molecule has 0 saturated heterocycles. The molecule has 0 saturated carbocycles. The highest BCUT2D eigenvalue weighted by atomic mass is 32.2. The highest BCUT2D eigenvalue weighted by molar-refractivity contribution is 7.98. The van der Waals surface area contributed by atoms with Gasteiger partial charge in [0.05, 0.1) is 11.9 Å². The zero-order valence-electron chi connectivity index (χ0n) is 4.65. The van der Waals surface area contributed by atoms with E-state index in [2.05, 4.69) is 4.58 Å². The summed E-state index contributed by atoms with van der Waals surface area (Å²) in [6, 6.07) is 9.31. The Morgan fingerprint density at radius 1 is 1.22 bits per heavy atom. The first kappa shape index (κ1) is 6.29. The summed E-state index contributed by atoms with van der Waals surface area (Å²) in [5.74, 6) is 0. The Balaban J connectivity index is 2.72. The van der Waals surface area contributed by atoms with Crippen LogP contribution in [-0.2, 0) is 0 Å². The third-order valence-electron chi connectivity index (χ3n) is 0.886. The molecule has 1 rings (SSSR count). The lowest BCUT2D eigenvalue weighted by Gasteiger charge is -1.86. The molecule has 1 aromatic carbocycles. The lowest BCUT2D eigenvalue weighted by molar-refractivity contribution is 1.46. The Bertz CT molecular complexity index is 188. The Hall–Kier alpha value is -0.830. The molecule has 9 heavy (non-hydrogen) atoms. The van der Waals surface area contributed by atoms with Crippen LogP contribution in [0, 0.1) is 4.91 Å². The van der Waals surface area contributed by atoms with Crippen molar-refractivity contribution in [3.63, 3.8) is 0 Å². The van der Waals surface area contributed by atoms with E-state index >= 15 is 0 Å². The van der Waals surface area contributed by atoms with Gasteiger partial charge in [0.2, 0.25) is 0 Å². The minimum atomic E-state index is 0.882. The quantitative estimate of drug-likeness (QED) is 0.465. The Kier molecular flexibility index (Phi) is 2.27. The molecule has 0 aliphatic rings. The predicted octanol–water partition coefficient (Wildman–Crippen LogP) is 2.46. The monoisotopic (exact) mass is 139 g/mol. The van der Waals surface area contributed by atoms with E-state index in [9.17, 15) is 4.91 Å². The van der Waals surface area contributed by atoms with Crippen LogP contribution in [0.2, 0.25) is 0 Å². The van der Waals surface area contributed by atoms with Crippen molar-refractivity contribution >= 4 is 11.9 Å². The van der Waals surface area contributed by atoms with Crippen LogP contribution in [0.25, 0.3) is 0 Å². The van der Waals surface area contributed by atoms with Crippen LogP contribution in [-0.4, -0.2) is 0 Å². The van der Waals surface area contributed by atoms with Crippen molar-refractivity contribution in [2.45, 2.75) is 4.90 Å². The number of nitrogens with zero attached hydrogens (tertiary/aromatic N) is 1. The fourth-order valence-corrected chi connectivity index (χ4v) is 0.889. The van der Waals surface area contributed by atoms with E-state index < -0.39 is 0 Å². The van der Waals surface area contributed by atoms with Gasteiger partial charge in [0, 0.05) is 9.48 Å². The lowest BCUT2D eigenvalue weighted by Crippen LogP contribution is -1.62. The highest BCUT2D eigenvalue weighted by Gasteiger charge is 1.86. The smallest absolute Gasteiger partial charge is 0.0570 e. The molecule has 0 unspecified atom stereocenters. The number of rotatable bonds is 2. The summed E-state index contributed by atoms with van der Waals surface area (Å²) in [4.78, 5) is 10.6. The molecule has 0 N–H and O–H groups in total. The van der Waals surface area contributed by atoms with Crippen molar-refractivity contribution in [3.8, 4) is 0 Å². The van der Waals surface area contributed by atoms with E-state index in [1.807, 2.05) is 30.3 Å². The van der Waals surface area contributed by atoms with E-state index in [0.29, 0.717) is 0 Å². The fourth-order valence-electron chi connectivity index (χ4n) is 0.524. The molecule has 3 heteroatoms. The van der Waals surface area contributed by atoms with Gasteiger partial charge in [-0.1, -0.05) is 18.2 Å². The summed E-state index contributed by atoms with van der Waals surface area (Å²) in [7, 11) is 0. The SMILES string of the molecule is O=NSc1ccccc1. The van der Waals surface area contributed by atoms with Crippen LogP contribution >= 0.6 is 11.9 Å². The van der Waals surface area contributed by atoms with Gasteiger partial charge in [0.15, 0.2) is 0 Å². The predicted molar refractivity (Wildman–Crippen MR) is 38.1 cm³/mol. The van der Waals surface area contributed by atoms with Crippen LogP contribution < -0.4 is 0 Å². The summed E-state index contributed by atoms with van der Waals surface area (Å²) in [5, 5.41) is 0. The number of hydrogen-bond acceptors (Lipinski definition) is 3. The van der Waals surface area contributed by atoms with Crippen LogP contribution in [0.5, 0.6) is 0 Å². The molecule has 0 aliphatic heterocycles. The molecule has 0 radical (unpaired) electrons. The van der Waals surface area contributed by atoms with E-state index in [1.54, 1.807) is 0 Å². The van der Waals surface area contributed by atoms with Gasteiger partial charge in [-0.05, 0) is 12.1 Å². The first-order valence-electron chi connectivity index (χ1n) is 2.48. The third kappa shape index (κ3) is 1.85. The molecular weight excluding hydrogens is 134 g/mol. The largest absolute Gasteiger partial charge is 0.137 e. The van der Waals surface area contributed by atoms with Crippen molar-refractivity contribution in [2.24, 2.45) is 4.58 Å². The number of benzene rings is 1. The van der Waals surface area contributed by atoms with Gasteiger partial charge in [-0.2, -0.15) is 0 Å². The van der Waals surface area contributed by atoms with Crippen molar-refractivity contribution in [1.82, 2.24) is 0 Å². The summed E-state index contributed by atoms with van der Waals surface area (Å²) < 4.78 is 2.67. The van der Waals surface area contributed by atoms with Crippen molar-refractivity contribution in [2.75, 3.05) is 0 Å². The maximum atomic E-state index is 9.69. The average molecular weight is 139 g/mol. The second kappa shape index (κ2) is 3.25. The summed E-state index contributed by atoms with van der Waals surface area (Å²) >= 11 is 0.945. The minimum absolute atomic E-state index is 0.882. The van der Waals surface area contributed by atoms with Gasteiger partial charge in [-0.25, -0.2) is 0 Å².